The zero-order valence-corrected chi connectivity index (χ0v) is 16.5. The van der Waals surface area contributed by atoms with E-state index in [4.69, 9.17) is 15.2 Å². The highest BCUT2D eigenvalue weighted by Gasteiger charge is 2.12. The predicted octanol–water partition coefficient (Wildman–Crippen LogP) is 2.44. The summed E-state index contributed by atoms with van der Waals surface area (Å²) in [5, 5.41) is 2.65. The first-order chi connectivity index (χ1) is 13.4. The van der Waals surface area contributed by atoms with Crippen LogP contribution in [-0.4, -0.2) is 36.8 Å². The molecular weight excluding hydrogens is 380 g/mol. The molecule has 8 heteroatoms. The number of hydrogen-bond donors (Lipinski definition) is 2. The molecule has 0 aromatic heterocycles. The van der Waals surface area contributed by atoms with Crippen LogP contribution in [0, 0.1) is 13.8 Å². The first-order valence-electron chi connectivity index (χ1n) is 8.51. The van der Waals surface area contributed by atoms with Gasteiger partial charge < -0.3 is 20.5 Å². The minimum Gasteiger partial charge on any atom is -0.482 e. The summed E-state index contributed by atoms with van der Waals surface area (Å²) in [5.74, 6) is -0.900. The number of carbonyl (C=O) groups is 3. The van der Waals surface area contributed by atoms with Crippen LogP contribution in [0.4, 0.5) is 5.69 Å². The van der Waals surface area contributed by atoms with Crippen molar-refractivity contribution < 1.29 is 23.9 Å². The van der Waals surface area contributed by atoms with Crippen molar-refractivity contribution >= 4 is 35.2 Å². The lowest BCUT2D eigenvalue weighted by Gasteiger charge is -2.12. The van der Waals surface area contributed by atoms with E-state index in [1.54, 1.807) is 30.3 Å². The zero-order chi connectivity index (χ0) is 20.5. The monoisotopic (exact) mass is 402 g/mol. The van der Waals surface area contributed by atoms with Crippen LogP contribution in [0.1, 0.15) is 11.1 Å². The summed E-state index contributed by atoms with van der Waals surface area (Å²) in [5.41, 5.74) is 7.66. The van der Waals surface area contributed by atoms with Crippen molar-refractivity contribution in [3.05, 3.63) is 53.6 Å². The van der Waals surface area contributed by atoms with E-state index < -0.39 is 24.4 Å². The van der Waals surface area contributed by atoms with E-state index in [0.717, 1.165) is 11.1 Å². The second kappa shape index (κ2) is 10.4. The van der Waals surface area contributed by atoms with Crippen LogP contribution in [0.15, 0.2) is 47.4 Å². The van der Waals surface area contributed by atoms with Crippen molar-refractivity contribution in [1.82, 2.24) is 0 Å². The van der Waals surface area contributed by atoms with Gasteiger partial charge in [-0.1, -0.05) is 24.3 Å². The topological polar surface area (TPSA) is 108 Å². The number of para-hydroxylation sites is 1. The molecule has 0 spiro atoms. The van der Waals surface area contributed by atoms with E-state index in [1.165, 1.54) is 11.8 Å². The Hall–Kier alpha value is -3.00. The molecule has 0 aliphatic carbocycles. The van der Waals surface area contributed by atoms with Gasteiger partial charge in [-0.3, -0.25) is 9.59 Å². The summed E-state index contributed by atoms with van der Waals surface area (Å²) in [7, 11) is 0. The highest BCUT2D eigenvalue weighted by atomic mass is 32.2. The van der Waals surface area contributed by atoms with Crippen molar-refractivity contribution in [2.45, 2.75) is 18.7 Å². The molecule has 0 atom stereocenters. The summed E-state index contributed by atoms with van der Waals surface area (Å²) in [6.07, 6.45) is 0. The van der Waals surface area contributed by atoms with Gasteiger partial charge in [-0.25, -0.2) is 4.79 Å². The smallest absolute Gasteiger partial charge is 0.344 e. The second-order valence-electron chi connectivity index (χ2n) is 5.95. The fraction of sp³-hybridized carbons (Fsp3) is 0.250. The number of rotatable bonds is 9. The SMILES string of the molecule is Cc1cccc(OCC(=O)OCC(=O)Nc2ccccc2SCC(N)=O)c1C. The first kappa shape index (κ1) is 21.3. The summed E-state index contributed by atoms with van der Waals surface area (Å²) >= 11 is 1.21. The molecule has 0 fully saturated rings. The fourth-order valence-electron chi connectivity index (χ4n) is 2.24. The summed E-state index contributed by atoms with van der Waals surface area (Å²) in [6, 6.07) is 12.5. The average molecular weight is 402 g/mol. The van der Waals surface area contributed by atoms with Crippen LogP contribution in [0.3, 0.4) is 0 Å². The van der Waals surface area contributed by atoms with Gasteiger partial charge in [0.15, 0.2) is 13.2 Å². The van der Waals surface area contributed by atoms with Crippen LogP contribution in [0.2, 0.25) is 0 Å². The summed E-state index contributed by atoms with van der Waals surface area (Å²) in [6.45, 7) is 3.12. The van der Waals surface area contributed by atoms with Gasteiger partial charge in [0.05, 0.1) is 11.4 Å². The maximum atomic E-state index is 12.1. The minimum atomic E-state index is -0.646. The summed E-state index contributed by atoms with van der Waals surface area (Å²) in [4.78, 5) is 35.5. The van der Waals surface area contributed by atoms with Gasteiger partial charge in [0, 0.05) is 4.90 Å². The van der Waals surface area contributed by atoms with E-state index in [-0.39, 0.29) is 12.4 Å². The van der Waals surface area contributed by atoms with E-state index in [9.17, 15) is 14.4 Å². The molecule has 0 unspecified atom stereocenters. The molecule has 0 bridgehead atoms. The van der Waals surface area contributed by atoms with E-state index >= 15 is 0 Å². The van der Waals surface area contributed by atoms with Crippen LogP contribution >= 0.6 is 11.8 Å². The van der Waals surface area contributed by atoms with Gasteiger partial charge in [-0.15, -0.1) is 11.8 Å². The molecule has 7 nitrogen and oxygen atoms in total. The Morgan fingerprint density at radius 3 is 2.54 bits per heavy atom. The van der Waals surface area contributed by atoms with E-state index in [2.05, 4.69) is 5.32 Å². The molecule has 0 saturated heterocycles. The Balaban J connectivity index is 1.81. The number of nitrogens with two attached hydrogens (primary N) is 1. The molecule has 2 aromatic carbocycles. The lowest BCUT2D eigenvalue weighted by atomic mass is 10.1. The number of nitrogens with one attached hydrogen (secondary N) is 1. The van der Waals surface area contributed by atoms with E-state index in [0.29, 0.717) is 16.3 Å². The quantitative estimate of drug-likeness (QED) is 0.493. The summed E-state index contributed by atoms with van der Waals surface area (Å²) < 4.78 is 10.4. The molecular formula is C20H22N2O5S. The Bertz CT molecular complexity index is 869. The normalized spacial score (nSPS) is 10.2. The number of amides is 2. The third kappa shape index (κ3) is 6.62. The molecule has 0 aliphatic heterocycles. The number of carbonyl (C=O) groups excluding carboxylic acids is 3. The van der Waals surface area contributed by atoms with Crippen LogP contribution in [-0.2, 0) is 19.1 Å². The van der Waals surface area contributed by atoms with Crippen molar-refractivity contribution in [2.75, 3.05) is 24.3 Å². The van der Waals surface area contributed by atoms with Crippen molar-refractivity contribution in [3.63, 3.8) is 0 Å². The Kier molecular flexibility index (Phi) is 7.88. The third-order valence-electron chi connectivity index (χ3n) is 3.80. The fourth-order valence-corrected chi connectivity index (χ4v) is 2.98. The van der Waals surface area contributed by atoms with Gasteiger partial charge in [0.1, 0.15) is 5.75 Å². The lowest BCUT2D eigenvalue weighted by molar-refractivity contribution is -0.149. The number of ether oxygens (including phenoxy) is 2. The number of thioether (sulfide) groups is 1. The lowest BCUT2D eigenvalue weighted by Crippen LogP contribution is -2.24. The van der Waals surface area contributed by atoms with Gasteiger partial charge in [-0.05, 0) is 43.2 Å². The first-order valence-corrected chi connectivity index (χ1v) is 9.50. The number of benzene rings is 2. The molecule has 2 amide bonds. The zero-order valence-electron chi connectivity index (χ0n) is 15.7. The Labute approximate surface area is 167 Å². The van der Waals surface area contributed by atoms with Crippen LogP contribution in [0.25, 0.3) is 0 Å². The van der Waals surface area contributed by atoms with Gasteiger partial charge in [0.25, 0.3) is 5.91 Å². The Morgan fingerprint density at radius 1 is 1.04 bits per heavy atom. The minimum absolute atomic E-state index is 0.0948. The second-order valence-corrected chi connectivity index (χ2v) is 6.96. The molecule has 148 valence electrons. The number of anilines is 1. The standard InChI is InChI=1S/C20H22N2O5S/c1-13-6-5-8-16(14(13)2)26-11-20(25)27-10-19(24)22-15-7-3-4-9-17(15)28-12-18(21)23/h3-9H,10-12H2,1-2H3,(H2,21,23)(H,22,24). The molecule has 2 rings (SSSR count). The van der Waals surface area contributed by atoms with E-state index in [1.807, 2.05) is 26.0 Å². The van der Waals surface area contributed by atoms with Crippen molar-refractivity contribution in [2.24, 2.45) is 5.73 Å². The van der Waals surface area contributed by atoms with Gasteiger partial charge in [0.2, 0.25) is 5.91 Å². The van der Waals surface area contributed by atoms with Crippen molar-refractivity contribution in [1.29, 1.82) is 0 Å². The maximum absolute atomic E-state index is 12.1. The number of primary amides is 1. The largest absolute Gasteiger partial charge is 0.482 e. The van der Waals surface area contributed by atoms with Gasteiger partial charge in [-0.2, -0.15) is 0 Å². The van der Waals surface area contributed by atoms with Crippen LogP contribution in [0.5, 0.6) is 5.75 Å². The molecule has 0 heterocycles. The molecule has 28 heavy (non-hydrogen) atoms. The maximum Gasteiger partial charge on any atom is 0.344 e. The van der Waals surface area contributed by atoms with Gasteiger partial charge >= 0.3 is 5.97 Å². The number of hydrogen-bond acceptors (Lipinski definition) is 6. The van der Waals surface area contributed by atoms with Crippen LogP contribution < -0.4 is 15.8 Å². The molecule has 3 N–H and O–H groups in total. The highest BCUT2D eigenvalue weighted by molar-refractivity contribution is 8.00. The highest BCUT2D eigenvalue weighted by Crippen LogP contribution is 2.26. The number of aryl methyl sites for hydroxylation is 1. The molecule has 0 saturated carbocycles. The molecule has 0 aliphatic rings. The van der Waals surface area contributed by atoms with Crippen molar-refractivity contribution in [3.8, 4) is 5.75 Å². The number of esters is 1. The molecule has 2 aromatic rings. The Morgan fingerprint density at radius 2 is 1.79 bits per heavy atom. The average Bonchev–Trinajstić information content (AvgIpc) is 2.66. The molecule has 0 radical (unpaired) electrons. The predicted molar refractivity (Wildman–Crippen MR) is 107 cm³/mol. The third-order valence-corrected chi connectivity index (χ3v) is 4.89.